The van der Waals surface area contributed by atoms with E-state index in [1.165, 1.54) is 23.2 Å². The van der Waals surface area contributed by atoms with Gasteiger partial charge >= 0.3 is 0 Å². The molecule has 0 atom stereocenters. The quantitative estimate of drug-likeness (QED) is 0.704. The molecule has 0 radical (unpaired) electrons. The van der Waals surface area contributed by atoms with E-state index in [2.05, 4.69) is 9.97 Å². The molecule has 0 spiro atoms. The third kappa shape index (κ3) is 2.94. The Hall–Kier alpha value is -3.16. The zero-order valence-corrected chi connectivity index (χ0v) is 13.4. The first-order chi connectivity index (χ1) is 12.5. The second kappa shape index (κ2) is 6.29. The van der Waals surface area contributed by atoms with Crippen molar-refractivity contribution in [3.8, 4) is 11.5 Å². The number of pyridine rings is 1. The van der Waals surface area contributed by atoms with Crippen molar-refractivity contribution in [2.24, 2.45) is 0 Å². The summed E-state index contributed by atoms with van der Waals surface area (Å²) in [5.41, 5.74) is 0.387. The number of benzene rings is 1. The van der Waals surface area contributed by atoms with E-state index < -0.39 is 23.4 Å². The molecule has 8 heteroatoms. The number of hydrogen-bond donors (Lipinski definition) is 0. The molecule has 0 aliphatic carbocycles. The Bertz CT molecular complexity index is 983. The van der Waals surface area contributed by atoms with Crippen LogP contribution in [-0.2, 0) is 13.0 Å². The van der Waals surface area contributed by atoms with Crippen LogP contribution in [-0.4, -0.2) is 27.3 Å². The molecule has 0 N–H and O–H groups in total. The SMILES string of the molecule is O=C(c1ncccc1F)N1CCc2oc(-c3cc(F)cc(F)c3)nc2C1. The van der Waals surface area contributed by atoms with Gasteiger partial charge in [0.05, 0.1) is 6.54 Å². The molecule has 1 aliphatic rings. The average Bonchev–Trinajstić information content (AvgIpc) is 3.04. The van der Waals surface area contributed by atoms with E-state index in [1.807, 2.05) is 0 Å². The molecule has 0 bridgehead atoms. The Kier molecular flexibility index (Phi) is 3.95. The van der Waals surface area contributed by atoms with Crippen LogP contribution in [0.1, 0.15) is 21.9 Å². The molecular weight excluding hydrogens is 347 g/mol. The van der Waals surface area contributed by atoms with E-state index in [4.69, 9.17) is 4.42 Å². The lowest BCUT2D eigenvalue weighted by Gasteiger charge is -2.25. The van der Waals surface area contributed by atoms with E-state index in [0.717, 1.165) is 18.2 Å². The van der Waals surface area contributed by atoms with Gasteiger partial charge in [0, 0.05) is 30.8 Å². The molecular formula is C18H12F3N3O2. The van der Waals surface area contributed by atoms with Crippen LogP contribution >= 0.6 is 0 Å². The van der Waals surface area contributed by atoms with Gasteiger partial charge in [-0.15, -0.1) is 0 Å². The second-order valence-electron chi connectivity index (χ2n) is 5.86. The van der Waals surface area contributed by atoms with Crippen molar-refractivity contribution in [1.29, 1.82) is 0 Å². The molecule has 2 aromatic heterocycles. The summed E-state index contributed by atoms with van der Waals surface area (Å²) in [6.45, 7) is 0.402. The van der Waals surface area contributed by atoms with Gasteiger partial charge in [0.25, 0.3) is 5.91 Å². The van der Waals surface area contributed by atoms with Crippen LogP contribution in [0.25, 0.3) is 11.5 Å². The fourth-order valence-corrected chi connectivity index (χ4v) is 2.87. The largest absolute Gasteiger partial charge is 0.441 e. The summed E-state index contributed by atoms with van der Waals surface area (Å²) < 4.78 is 46.1. The molecule has 3 aromatic rings. The highest BCUT2D eigenvalue weighted by Gasteiger charge is 2.28. The number of fused-ring (bicyclic) bond motifs is 1. The Labute approximate surface area is 146 Å². The van der Waals surface area contributed by atoms with Crippen molar-refractivity contribution in [1.82, 2.24) is 14.9 Å². The number of aromatic nitrogens is 2. The summed E-state index contributed by atoms with van der Waals surface area (Å²) in [6.07, 6.45) is 1.71. The normalized spacial score (nSPS) is 13.6. The van der Waals surface area contributed by atoms with Gasteiger partial charge in [-0.2, -0.15) is 0 Å². The third-order valence-corrected chi connectivity index (χ3v) is 4.09. The van der Waals surface area contributed by atoms with E-state index >= 15 is 0 Å². The number of carbonyl (C=O) groups excluding carboxylic acids is 1. The molecule has 1 amide bonds. The van der Waals surface area contributed by atoms with Gasteiger partial charge in [0.2, 0.25) is 5.89 Å². The standard InChI is InChI=1S/C18H12F3N3O2/c19-11-6-10(7-12(20)8-11)17-23-14-9-24(5-3-15(14)26-17)18(25)16-13(21)2-1-4-22-16/h1-2,4,6-8H,3,5,9H2. The van der Waals surface area contributed by atoms with Gasteiger partial charge in [-0.25, -0.2) is 23.1 Å². The van der Waals surface area contributed by atoms with E-state index in [0.29, 0.717) is 24.4 Å². The fraction of sp³-hybridized carbons (Fsp3) is 0.167. The van der Waals surface area contributed by atoms with Gasteiger partial charge in [-0.3, -0.25) is 4.79 Å². The van der Waals surface area contributed by atoms with Crippen LogP contribution in [0.15, 0.2) is 40.9 Å². The van der Waals surface area contributed by atoms with Crippen molar-refractivity contribution in [2.75, 3.05) is 6.54 Å². The maximum Gasteiger partial charge on any atom is 0.275 e. The first-order valence-electron chi connectivity index (χ1n) is 7.86. The zero-order valence-electron chi connectivity index (χ0n) is 13.4. The Balaban J connectivity index is 1.61. The van der Waals surface area contributed by atoms with Crippen molar-refractivity contribution in [3.05, 3.63) is 71.1 Å². The average molecular weight is 359 g/mol. The first kappa shape index (κ1) is 16.3. The van der Waals surface area contributed by atoms with Gasteiger partial charge in [0.1, 0.15) is 23.1 Å². The number of rotatable bonds is 2. The molecule has 0 unspecified atom stereocenters. The summed E-state index contributed by atoms with van der Waals surface area (Å²) >= 11 is 0. The van der Waals surface area contributed by atoms with Gasteiger partial charge < -0.3 is 9.32 Å². The minimum Gasteiger partial charge on any atom is -0.441 e. The lowest BCUT2D eigenvalue weighted by Crippen LogP contribution is -2.36. The molecule has 132 valence electrons. The van der Waals surface area contributed by atoms with E-state index in [-0.39, 0.29) is 23.7 Å². The van der Waals surface area contributed by atoms with Gasteiger partial charge in [0.15, 0.2) is 11.5 Å². The first-order valence-corrected chi connectivity index (χ1v) is 7.86. The molecule has 26 heavy (non-hydrogen) atoms. The summed E-state index contributed by atoms with van der Waals surface area (Å²) in [5, 5.41) is 0. The molecule has 3 heterocycles. The van der Waals surface area contributed by atoms with Crippen molar-refractivity contribution in [2.45, 2.75) is 13.0 Å². The smallest absolute Gasteiger partial charge is 0.275 e. The summed E-state index contributed by atoms with van der Waals surface area (Å²) in [5.74, 6) is -2.10. The van der Waals surface area contributed by atoms with E-state index in [1.54, 1.807) is 0 Å². The van der Waals surface area contributed by atoms with Crippen LogP contribution in [0, 0.1) is 17.5 Å². The van der Waals surface area contributed by atoms with E-state index in [9.17, 15) is 18.0 Å². The minimum atomic E-state index is -0.737. The number of carbonyl (C=O) groups is 1. The maximum absolute atomic E-state index is 13.8. The molecule has 4 rings (SSSR count). The summed E-state index contributed by atoms with van der Waals surface area (Å²) in [6, 6.07) is 5.57. The lowest BCUT2D eigenvalue weighted by molar-refractivity contribution is 0.0716. The Morgan fingerprint density at radius 1 is 1.15 bits per heavy atom. The number of hydrogen-bond acceptors (Lipinski definition) is 4. The molecule has 0 saturated carbocycles. The topological polar surface area (TPSA) is 59.2 Å². The highest BCUT2D eigenvalue weighted by Crippen LogP contribution is 2.27. The van der Waals surface area contributed by atoms with Gasteiger partial charge in [-0.1, -0.05) is 0 Å². The molecule has 0 fully saturated rings. The molecule has 5 nitrogen and oxygen atoms in total. The number of oxazole rings is 1. The van der Waals surface area contributed by atoms with Crippen LogP contribution in [0.3, 0.4) is 0 Å². The minimum absolute atomic E-state index is 0.0757. The van der Waals surface area contributed by atoms with Crippen LogP contribution in [0.4, 0.5) is 13.2 Å². The number of halogens is 3. The monoisotopic (exact) mass is 359 g/mol. The van der Waals surface area contributed by atoms with Crippen molar-refractivity contribution < 1.29 is 22.4 Å². The van der Waals surface area contributed by atoms with Crippen LogP contribution in [0.2, 0.25) is 0 Å². The van der Waals surface area contributed by atoms with Crippen LogP contribution in [0.5, 0.6) is 0 Å². The van der Waals surface area contributed by atoms with Crippen LogP contribution < -0.4 is 0 Å². The summed E-state index contributed by atoms with van der Waals surface area (Å²) in [4.78, 5) is 21.9. The highest BCUT2D eigenvalue weighted by atomic mass is 19.1. The predicted molar refractivity (Wildman–Crippen MR) is 84.5 cm³/mol. The number of amides is 1. The zero-order chi connectivity index (χ0) is 18.3. The lowest BCUT2D eigenvalue weighted by atomic mass is 10.1. The fourth-order valence-electron chi connectivity index (χ4n) is 2.87. The van der Waals surface area contributed by atoms with Crippen molar-refractivity contribution >= 4 is 5.91 Å². The maximum atomic E-state index is 13.8. The second-order valence-corrected chi connectivity index (χ2v) is 5.86. The predicted octanol–water partition coefficient (Wildman–Crippen LogP) is 3.35. The highest BCUT2D eigenvalue weighted by molar-refractivity contribution is 5.92. The summed E-state index contributed by atoms with van der Waals surface area (Å²) in [7, 11) is 0. The molecule has 1 aliphatic heterocycles. The van der Waals surface area contributed by atoms with Crippen molar-refractivity contribution in [3.63, 3.8) is 0 Å². The molecule has 1 aromatic carbocycles. The molecule has 0 saturated heterocycles. The third-order valence-electron chi connectivity index (χ3n) is 4.09. The van der Waals surface area contributed by atoms with Gasteiger partial charge in [-0.05, 0) is 24.3 Å². The Morgan fingerprint density at radius 3 is 2.65 bits per heavy atom. The number of nitrogens with zero attached hydrogens (tertiary/aromatic N) is 3. The Morgan fingerprint density at radius 2 is 1.92 bits per heavy atom.